The van der Waals surface area contributed by atoms with E-state index in [2.05, 4.69) is 9.50 Å². The number of carboxylic acids is 1. The van der Waals surface area contributed by atoms with E-state index in [1.54, 1.807) is 12.1 Å². The molecule has 0 bridgehead atoms. The molecule has 1 aromatic carbocycles. The minimum Gasteiger partial charge on any atom is -0.594 e. The number of hydrogen-bond acceptors (Lipinski definition) is 8. The van der Waals surface area contributed by atoms with Crippen molar-refractivity contribution in [1.29, 1.82) is 0 Å². The van der Waals surface area contributed by atoms with Crippen LogP contribution in [0.25, 0.3) is 0 Å². The highest BCUT2D eigenvalue weighted by Gasteiger charge is 2.51. The summed E-state index contributed by atoms with van der Waals surface area (Å²) in [4.78, 5) is 27.2. The third kappa shape index (κ3) is 4.18. The Morgan fingerprint density at radius 1 is 1.40 bits per heavy atom. The Balaban J connectivity index is 1.50. The summed E-state index contributed by atoms with van der Waals surface area (Å²) in [7, 11) is 0. The average molecular weight is 461 g/mol. The minimum atomic E-state index is -1.14. The number of amides is 1. The lowest BCUT2D eigenvalue weighted by Gasteiger charge is -2.44. The average Bonchev–Trinajstić information content (AvgIpc) is 2.73. The molecule has 0 spiro atoms. The monoisotopic (exact) mass is 460 g/mol. The first-order valence-electron chi connectivity index (χ1n) is 8.85. The summed E-state index contributed by atoms with van der Waals surface area (Å²) in [6, 6.07) is 11.1. The van der Waals surface area contributed by atoms with Crippen LogP contribution >= 0.6 is 35.5 Å². The van der Waals surface area contributed by atoms with Crippen molar-refractivity contribution in [3.8, 4) is 0 Å². The number of fused-ring (bicyclic) bond motifs is 1. The maximum Gasteiger partial charge on any atom is 0.352 e. The molecule has 1 atom stereocenters. The molecule has 1 saturated heterocycles. The number of β-lactam (4-membered cyclic amide) rings is 1. The largest absolute Gasteiger partial charge is 0.594 e. The Hall–Kier alpha value is -2.50. The van der Waals surface area contributed by atoms with E-state index in [4.69, 9.17) is 0 Å². The van der Waals surface area contributed by atoms with E-state index in [0.29, 0.717) is 32.7 Å². The van der Waals surface area contributed by atoms with E-state index in [-0.39, 0.29) is 11.6 Å². The van der Waals surface area contributed by atoms with Gasteiger partial charge in [0.25, 0.3) is 5.91 Å². The van der Waals surface area contributed by atoms with E-state index in [9.17, 15) is 19.9 Å². The van der Waals surface area contributed by atoms with Crippen molar-refractivity contribution in [2.24, 2.45) is 4.40 Å². The topological polar surface area (TPSA) is 110 Å². The highest BCUT2D eigenvalue weighted by atomic mass is 32.2. The molecule has 2 aliphatic heterocycles. The maximum atomic E-state index is 12.7. The molecule has 0 saturated carbocycles. The number of nitrogens with zero attached hydrogens (tertiary/aromatic N) is 4. The van der Waals surface area contributed by atoms with Gasteiger partial charge < -0.3 is 10.3 Å². The number of thioether (sulfide) groups is 2. The highest BCUT2D eigenvalue weighted by Crippen LogP contribution is 2.41. The van der Waals surface area contributed by atoms with Gasteiger partial charge in [0.15, 0.2) is 5.03 Å². The van der Waals surface area contributed by atoms with Crippen molar-refractivity contribution >= 4 is 53.1 Å². The smallest absolute Gasteiger partial charge is 0.352 e. The molecule has 1 unspecified atom stereocenters. The van der Waals surface area contributed by atoms with Crippen molar-refractivity contribution < 1.29 is 19.5 Å². The molecule has 11 heteroatoms. The zero-order valence-corrected chi connectivity index (χ0v) is 18.2. The maximum absolute atomic E-state index is 12.7. The van der Waals surface area contributed by atoms with Crippen molar-refractivity contribution in [1.82, 2.24) is 10.00 Å². The molecule has 30 heavy (non-hydrogen) atoms. The first kappa shape index (κ1) is 20.8. The molecule has 8 nitrogen and oxygen atoms in total. The van der Waals surface area contributed by atoms with Gasteiger partial charge in [-0.1, -0.05) is 34.3 Å². The van der Waals surface area contributed by atoms with Gasteiger partial charge in [-0.15, -0.1) is 11.8 Å². The lowest BCUT2D eigenvalue weighted by atomic mass is 10.1. The normalized spacial score (nSPS) is 19.6. The Kier molecular flexibility index (Phi) is 6.02. The Bertz CT molecular complexity index is 1070. The van der Waals surface area contributed by atoms with Crippen molar-refractivity contribution in [3.05, 3.63) is 64.6 Å². The van der Waals surface area contributed by atoms with Gasteiger partial charge in [0.05, 0.1) is 0 Å². The summed E-state index contributed by atoms with van der Waals surface area (Å²) < 4.78 is 4.37. The third-order valence-corrected chi connectivity index (χ3v) is 7.46. The molecule has 0 radical (unpaired) electrons. The molecule has 0 aliphatic carbocycles. The zero-order valence-electron chi connectivity index (χ0n) is 15.7. The number of carbonyl (C=O) groups excluding carboxylic acids is 1. The Morgan fingerprint density at radius 3 is 2.87 bits per heavy atom. The number of benzene rings is 1. The number of aliphatic carboxylic acids is 1. The fourth-order valence-electron chi connectivity index (χ4n) is 2.93. The molecule has 1 fully saturated rings. The fourth-order valence-corrected chi connectivity index (χ4v) is 5.90. The van der Waals surface area contributed by atoms with E-state index >= 15 is 0 Å². The van der Waals surface area contributed by atoms with Crippen LogP contribution in [0.5, 0.6) is 0 Å². The standard InChI is InChI=1S/C19H16N4O4S3/c1-11-4-6-13(7-5-11)30-21-15-17(24)23-16(19(25)26)12(10-29-18(15)23)9-28-14-3-2-8-22(27)20-14/h2-8,18H,9-10H2,1H3,(H,25,26). The zero-order chi connectivity index (χ0) is 21.3. The molecule has 1 N–H and O–H groups in total. The van der Waals surface area contributed by atoms with Gasteiger partial charge in [-0.25, -0.2) is 9.19 Å². The van der Waals surface area contributed by atoms with Crippen LogP contribution in [0.15, 0.2) is 68.2 Å². The Morgan fingerprint density at radius 2 is 2.17 bits per heavy atom. The first-order chi connectivity index (χ1) is 14.4. The fraction of sp³-hybridized carbons (Fsp3) is 0.211. The first-order valence-corrected chi connectivity index (χ1v) is 11.7. The van der Waals surface area contributed by atoms with Gasteiger partial charge in [-0.3, -0.25) is 9.69 Å². The van der Waals surface area contributed by atoms with Crippen LogP contribution in [-0.2, 0) is 9.59 Å². The van der Waals surface area contributed by atoms with Gasteiger partial charge in [-0.2, -0.15) is 0 Å². The number of carboxylic acid groups (broad SMARTS) is 1. The molecular formula is C19H16N4O4S3. The number of aryl methyl sites for hydroxylation is 1. The number of hydrogen-bond donors (Lipinski definition) is 1. The van der Waals surface area contributed by atoms with Crippen LogP contribution in [-0.4, -0.2) is 49.6 Å². The van der Waals surface area contributed by atoms with Gasteiger partial charge in [0, 0.05) is 39.5 Å². The third-order valence-electron chi connectivity index (χ3n) is 4.41. The van der Waals surface area contributed by atoms with Crippen molar-refractivity contribution in [3.63, 3.8) is 0 Å². The molecule has 1 amide bonds. The molecule has 154 valence electrons. The second-order valence-electron chi connectivity index (χ2n) is 6.51. The molecule has 1 aromatic heterocycles. The summed E-state index contributed by atoms with van der Waals surface area (Å²) >= 11 is 3.94. The Labute approximate surface area is 185 Å². The second-order valence-corrected chi connectivity index (χ2v) is 9.42. The predicted octanol–water partition coefficient (Wildman–Crippen LogP) is 2.52. The number of aromatic nitrogens is 2. The van der Waals surface area contributed by atoms with Crippen LogP contribution in [0.3, 0.4) is 0 Å². The number of rotatable bonds is 6. The molecule has 2 aromatic rings. The molecule has 2 aliphatic rings. The SMILES string of the molecule is Cc1ccc(SN=C2C(=O)N3C(C(=O)O)=C(CSc4ccc[n+]([O-])n4)CSC23)cc1. The van der Waals surface area contributed by atoms with Crippen molar-refractivity contribution in [2.75, 3.05) is 11.5 Å². The summed E-state index contributed by atoms with van der Waals surface area (Å²) in [6.07, 6.45) is 1.28. The summed E-state index contributed by atoms with van der Waals surface area (Å²) in [6.45, 7) is 1.99. The lowest BCUT2D eigenvalue weighted by Crippen LogP contribution is -2.62. The van der Waals surface area contributed by atoms with Crippen LogP contribution in [0.1, 0.15) is 5.56 Å². The quantitative estimate of drug-likeness (QED) is 0.230. The molecular weight excluding hydrogens is 444 g/mol. The van der Waals surface area contributed by atoms with E-state index < -0.39 is 11.3 Å². The van der Waals surface area contributed by atoms with Crippen LogP contribution in [0.4, 0.5) is 0 Å². The molecule has 3 heterocycles. The summed E-state index contributed by atoms with van der Waals surface area (Å²) in [5.41, 5.74) is 2.13. The van der Waals surface area contributed by atoms with Crippen LogP contribution in [0.2, 0.25) is 0 Å². The van der Waals surface area contributed by atoms with Gasteiger partial charge in [0.2, 0.25) is 6.20 Å². The number of carbonyl (C=O) groups is 2. The van der Waals surface area contributed by atoms with Crippen LogP contribution in [0, 0.1) is 12.1 Å². The van der Waals surface area contributed by atoms with Gasteiger partial charge in [0.1, 0.15) is 16.8 Å². The lowest BCUT2D eigenvalue weighted by molar-refractivity contribution is -0.672. The van der Waals surface area contributed by atoms with Crippen molar-refractivity contribution in [2.45, 2.75) is 22.2 Å². The van der Waals surface area contributed by atoms with E-state index in [0.717, 1.165) is 10.5 Å². The van der Waals surface area contributed by atoms with Crippen LogP contribution < -0.4 is 4.85 Å². The van der Waals surface area contributed by atoms with E-state index in [1.165, 1.54) is 46.6 Å². The predicted molar refractivity (Wildman–Crippen MR) is 116 cm³/mol. The highest BCUT2D eigenvalue weighted by molar-refractivity contribution is 8.02. The van der Waals surface area contributed by atoms with Gasteiger partial charge >= 0.3 is 5.97 Å². The minimum absolute atomic E-state index is 0.00136. The summed E-state index contributed by atoms with van der Waals surface area (Å²) in [5.74, 6) is -0.745. The van der Waals surface area contributed by atoms with Gasteiger partial charge in [-0.05, 0) is 30.7 Å². The second kappa shape index (κ2) is 8.70. The summed E-state index contributed by atoms with van der Waals surface area (Å²) in [5, 5.41) is 24.9. The molecule has 4 rings (SSSR count). The van der Waals surface area contributed by atoms with E-state index in [1.807, 2.05) is 31.2 Å².